The van der Waals surface area contributed by atoms with Gasteiger partial charge in [-0.2, -0.15) is 10.1 Å². The smallest absolute Gasteiger partial charge is 0.435 e. The van der Waals surface area contributed by atoms with Gasteiger partial charge in [-0.1, -0.05) is 30.3 Å². The van der Waals surface area contributed by atoms with Crippen molar-refractivity contribution in [2.24, 2.45) is 4.99 Å². The highest BCUT2D eigenvalue weighted by Crippen LogP contribution is 2.31. The van der Waals surface area contributed by atoms with Crippen LogP contribution in [0.1, 0.15) is 78.7 Å². The zero-order chi connectivity index (χ0) is 41.7. The fourth-order valence-electron chi connectivity index (χ4n) is 7.87. The van der Waals surface area contributed by atoms with Crippen LogP contribution < -0.4 is 11.0 Å². The molecule has 0 aromatic heterocycles. The first-order chi connectivity index (χ1) is 27.6. The highest BCUT2D eigenvalue weighted by atomic mass is 16.7. The number of hydrogen-bond acceptors (Lipinski definition) is 11. The number of amides is 7. The molecule has 6 saturated heterocycles. The minimum atomic E-state index is -0.649. The van der Waals surface area contributed by atoms with E-state index in [1.165, 1.54) is 9.96 Å². The van der Waals surface area contributed by atoms with Crippen LogP contribution in [0.25, 0.3) is 0 Å². The maximum absolute atomic E-state index is 12.8. The maximum Gasteiger partial charge on any atom is 0.435 e. The molecule has 0 aliphatic carbocycles. The largest absolute Gasteiger partial charge is 0.442 e. The molecule has 58 heavy (non-hydrogen) atoms. The molecule has 0 saturated carbocycles. The summed E-state index contributed by atoms with van der Waals surface area (Å²) in [7, 11) is 0. The molecule has 0 radical (unpaired) electrons. The molecule has 6 aliphatic heterocycles. The lowest BCUT2D eigenvalue weighted by molar-refractivity contribution is -0.143. The van der Waals surface area contributed by atoms with E-state index in [0.29, 0.717) is 88.2 Å². The van der Waals surface area contributed by atoms with Gasteiger partial charge in [0.25, 0.3) is 11.8 Å². The summed E-state index contributed by atoms with van der Waals surface area (Å²) in [5.74, 6) is 0.330. The van der Waals surface area contributed by atoms with Crippen LogP contribution in [0.3, 0.4) is 0 Å². The van der Waals surface area contributed by atoms with Gasteiger partial charge in [0.15, 0.2) is 0 Å². The Hall–Kier alpha value is -5.05. The summed E-state index contributed by atoms with van der Waals surface area (Å²) in [5, 5.41) is 19.5. The molecule has 1 aromatic rings. The molecule has 20 heteroatoms. The van der Waals surface area contributed by atoms with Crippen molar-refractivity contribution >= 4 is 41.6 Å². The van der Waals surface area contributed by atoms with Gasteiger partial charge in [0.2, 0.25) is 0 Å². The normalized spacial score (nSPS) is 26.8. The average molecular weight is 813 g/mol. The van der Waals surface area contributed by atoms with Crippen molar-refractivity contribution in [1.82, 2.24) is 40.7 Å². The molecule has 7 amide bonds. The molecule has 0 spiro atoms. The quantitative estimate of drug-likeness (QED) is 0.122. The molecule has 20 nitrogen and oxygen atoms in total. The Bertz CT molecular complexity index is 1730. The van der Waals surface area contributed by atoms with Crippen LogP contribution >= 0.6 is 0 Å². The van der Waals surface area contributed by atoms with Crippen LogP contribution in [0.15, 0.2) is 35.3 Å². The molecule has 4 N–H and O–H groups in total. The Kier molecular flexibility index (Phi) is 13.4. The third-order valence-corrected chi connectivity index (χ3v) is 11.0. The van der Waals surface area contributed by atoms with E-state index >= 15 is 0 Å². The Morgan fingerprint density at radius 3 is 1.93 bits per heavy atom. The number of amidine groups is 2. The lowest BCUT2D eigenvalue weighted by Crippen LogP contribution is -2.50. The minimum absolute atomic E-state index is 0.0323. The van der Waals surface area contributed by atoms with Gasteiger partial charge < -0.3 is 24.3 Å². The first-order valence-electron chi connectivity index (χ1n) is 19.9. The highest BCUT2D eigenvalue weighted by molar-refractivity contribution is 5.91. The van der Waals surface area contributed by atoms with Crippen molar-refractivity contribution in [1.29, 1.82) is 5.41 Å². The van der Waals surface area contributed by atoms with E-state index in [-0.39, 0.29) is 36.2 Å². The third kappa shape index (κ3) is 10.3. The van der Waals surface area contributed by atoms with Crippen LogP contribution in [0.2, 0.25) is 0 Å². The molecule has 6 aliphatic rings. The SMILES string of the molecule is CC(=N)N1CC[C@H](ONC(=O)[C@@H]2CC[C@@H]3CN2C(=O)N3OCc2ccccc2)C1.CC(=NC(=O)OC(C)(C)C)N1CC[C@H](ONC(=O)[C@@H]2CC[C@@H]3CN2C(=O)N3O)C1. The first kappa shape index (κ1) is 42.6. The number of benzene rings is 1. The molecule has 6 heterocycles. The fourth-order valence-corrected chi connectivity index (χ4v) is 7.87. The van der Waals surface area contributed by atoms with E-state index in [1.54, 1.807) is 39.5 Å². The average Bonchev–Trinajstić information content (AvgIpc) is 3.97. The zero-order valence-corrected chi connectivity index (χ0v) is 33.8. The number of likely N-dealkylation sites (tertiary alicyclic amines) is 2. The molecule has 318 valence electrons. The van der Waals surface area contributed by atoms with Crippen molar-refractivity contribution < 1.29 is 48.4 Å². The number of urea groups is 2. The Balaban J connectivity index is 0.000000196. The predicted octanol–water partition coefficient (Wildman–Crippen LogP) is 2.63. The van der Waals surface area contributed by atoms with Gasteiger partial charge in [-0.3, -0.25) is 34.7 Å². The maximum atomic E-state index is 12.8. The van der Waals surface area contributed by atoms with E-state index in [0.717, 1.165) is 18.5 Å². The van der Waals surface area contributed by atoms with E-state index < -0.39 is 35.7 Å². The fraction of sp³-hybridized carbons (Fsp3) is 0.658. The number of hydroxylamine groups is 6. The second-order valence-electron chi connectivity index (χ2n) is 16.4. The van der Waals surface area contributed by atoms with Crippen LogP contribution in [-0.2, 0) is 35.4 Å². The van der Waals surface area contributed by atoms with Gasteiger partial charge in [-0.25, -0.2) is 30.4 Å². The standard InChI is InChI=1S/C20H27N5O4.C18H29N5O6/c1-14(21)23-10-9-17(12-23)29-22-19(26)18-8-7-16-11-24(18)20(27)25(16)28-13-15-5-3-2-4-6-15;1-11(19-16(25)28-18(2,3)4)21-8-7-13(10-21)29-20-15(24)14-6-5-12-9-22(14)17(26)23(12)27/h2-6,16-18,21H,7-13H2,1H3,(H,22,26);12-14,27H,5-10H2,1-4H3,(H,20,24)/t16-,17+,18+;12-,13+,14+/m11/s1. The Morgan fingerprint density at radius 1 is 0.793 bits per heavy atom. The summed E-state index contributed by atoms with van der Waals surface area (Å²) in [6.07, 6.45) is 2.69. The molecule has 6 fully saturated rings. The molecule has 6 atom stereocenters. The molecule has 7 rings (SSSR count). The molecule has 1 aromatic carbocycles. The van der Waals surface area contributed by atoms with Gasteiger partial charge in [-0.05, 0) is 78.7 Å². The second kappa shape index (κ2) is 18.3. The summed E-state index contributed by atoms with van der Waals surface area (Å²) in [6, 6.07) is 7.40. The summed E-state index contributed by atoms with van der Waals surface area (Å²) in [4.78, 5) is 89.2. The van der Waals surface area contributed by atoms with Gasteiger partial charge in [0.05, 0.1) is 17.9 Å². The van der Waals surface area contributed by atoms with E-state index in [1.807, 2.05) is 40.1 Å². The molecule has 4 bridgehead atoms. The Labute approximate surface area is 337 Å². The van der Waals surface area contributed by atoms with Crippen LogP contribution in [0.4, 0.5) is 14.4 Å². The summed E-state index contributed by atoms with van der Waals surface area (Å²) in [6.45, 7) is 12.4. The summed E-state index contributed by atoms with van der Waals surface area (Å²) >= 11 is 0. The van der Waals surface area contributed by atoms with E-state index in [9.17, 15) is 29.2 Å². The monoisotopic (exact) mass is 812 g/mol. The van der Waals surface area contributed by atoms with Crippen LogP contribution in [0.5, 0.6) is 0 Å². The van der Waals surface area contributed by atoms with Gasteiger partial charge in [0, 0.05) is 39.3 Å². The first-order valence-corrected chi connectivity index (χ1v) is 19.9. The number of rotatable bonds is 9. The van der Waals surface area contributed by atoms with Crippen LogP contribution in [-0.4, -0.2) is 158 Å². The van der Waals surface area contributed by atoms with Gasteiger partial charge in [0.1, 0.15) is 42.3 Å². The highest BCUT2D eigenvalue weighted by Gasteiger charge is 2.49. The minimum Gasteiger partial charge on any atom is -0.442 e. The second-order valence-corrected chi connectivity index (χ2v) is 16.4. The number of ether oxygens (including phenoxy) is 1. The number of nitrogens with one attached hydrogen (secondary N) is 3. The summed E-state index contributed by atoms with van der Waals surface area (Å²) in [5.41, 5.74) is 5.38. The number of carbonyl (C=O) groups is 5. The summed E-state index contributed by atoms with van der Waals surface area (Å²) < 4.78 is 5.19. The third-order valence-electron chi connectivity index (χ3n) is 11.0. The topological polar surface area (TPSA) is 222 Å². The van der Waals surface area contributed by atoms with Crippen LogP contribution in [0, 0.1) is 5.41 Å². The number of nitrogens with zero attached hydrogens (tertiary/aromatic N) is 7. The number of fused-ring (bicyclic) bond motifs is 4. The molecular formula is C38H56N10O10. The zero-order valence-electron chi connectivity index (χ0n) is 33.8. The van der Waals surface area contributed by atoms with Crippen molar-refractivity contribution in [2.75, 3.05) is 39.3 Å². The number of hydrogen-bond donors (Lipinski definition) is 4. The van der Waals surface area contributed by atoms with Crippen molar-refractivity contribution in [3.8, 4) is 0 Å². The lowest BCUT2D eigenvalue weighted by Gasteiger charge is -2.29. The van der Waals surface area contributed by atoms with Crippen molar-refractivity contribution in [3.63, 3.8) is 0 Å². The van der Waals surface area contributed by atoms with Gasteiger partial charge >= 0.3 is 18.2 Å². The van der Waals surface area contributed by atoms with Crippen molar-refractivity contribution in [3.05, 3.63) is 35.9 Å². The molecular weight excluding hydrogens is 756 g/mol. The lowest BCUT2D eigenvalue weighted by atomic mass is 10.0. The van der Waals surface area contributed by atoms with Crippen molar-refractivity contribution in [2.45, 2.75) is 122 Å². The van der Waals surface area contributed by atoms with E-state index in [4.69, 9.17) is 24.7 Å². The predicted molar refractivity (Wildman–Crippen MR) is 206 cm³/mol. The number of carbonyl (C=O) groups excluding carboxylic acids is 5. The Morgan fingerprint density at radius 2 is 1.34 bits per heavy atom. The molecule has 0 unspecified atom stereocenters. The number of piperidine rings is 2. The van der Waals surface area contributed by atoms with Gasteiger partial charge in [-0.15, -0.1) is 0 Å². The number of aliphatic imine (C=N–C) groups is 1. The van der Waals surface area contributed by atoms with E-state index in [2.05, 4.69) is 16.0 Å².